The fourth-order valence-corrected chi connectivity index (χ4v) is 3.86. The van der Waals surface area contributed by atoms with Crippen LogP contribution in [0.2, 0.25) is 0 Å². The number of benzene rings is 3. The molecule has 0 fully saturated rings. The van der Waals surface area contributed by atoms with Crippen molar-refractivity contribution < 1.29 is 4.79 Å². The number of H-pyrrole nitrogens is 1. The number of hydrogen-bond acceptors (Lipinski definition) is 2. The third kappa shape index (κ3) is 4.48. The quantitative estimate of drug-likeness (QED) is 0.308. The number of nitrogens with one attached hydrogen (secondary N) is 2. The molecule has 4 rings (SSSR count). The van der Waals surface area contributed by atoms with Gasteiger partial charge in [0.25, 0.3) is 5.91 Å². The van der Waals surface area contributed by atoms with Crippen LogP contribution < -0.4 is 5.43 Å². The molecule has 1 aromatic heterocycles. The number of aryl methyl sites for hydroxylation is 3. The van der Waals surface area contributed by atoms with Gasteiger partial charge < -0.3 is 4.98 Å². The van der Waals surface area contributed by atoms with Gasteiger partial charge in [0, 0.05) is 16.8 Å². The number of hydrazone groups is 1. The van der Waals surface area contributed by atoms with E-state index in [1.54, 1.807) is 6.21 Å². The van der Waals surface area contributed by atoms with E-state index in [1.807, 2.05) is 80.6 Å². The van der Waals surface area contributed by atoms with Gasteiger partial charge in [0.2, 0.25) is 0 Å². The molecule has 0 aliphatic heterocycles. The standard InChI is InChI=1S/C27H25N3O/c1-18-14-19(2)24(20(3)15-18)17-28-30-27(31)26-23(21-10-6-4-7-11-21)16-25(29-26)22-12-8-5-9-13-22/h4-17,29H,1-3H3,(H,30,31)/b28-17+. The Kier molecular flexibility index (Phi) is 5.80. The lowest BCUT2D eigenvalue weighted by molar-refractivity contribution is 0.0951. The second-order valence-corrected chi connectivity index (χ2v) is 7.72. The minimum Gasteiger partial charge on any atom is -0.350 e. The number of aromatic nitrogens is 1. The van der Waals surface area contributed by atoms with Crippen molar-refractivity contribution >= 4 is 12.1 Å². The van der Waals surface area contributed by atoms with E-state index in [9.17, 15) is 4.79 Å². The van der Waals surface area contributed by atoms with E-state index in [0.717, 1.165) is 39.1 Å². The highest BCUT2D eigenvalue weighted by molar-refractivity contribution is 6.01. The Morgan fingerprint density at radius 1 is 0.839 bits per heavy atom. The zero-order valence-corrected chi connectivity index (χ0v) is 17.9. The van der Waals surface area contributed by atoms with Crippen molar-refractivity contribution in [1.82, 2.24) is 10.4 Å². The average molecular weight is 408 g/mol. The van der Waals surface area contributed by atoms with Crippen LogP contribution in [0.25, 0.3) is 22.4 Å². The van der Waals surface area contributed by atoms with Crippen LogP contribution in [0.1, 0.15) is 32.7 Å². The number of hydrogen-bond donors (Lipinski definition) is 2. The first-order valence-corrected chi connectivity index (χ1v) is 10.3. The molecule has 0 radical (unpaired) electrons. The molecule has 1 amide bonds. The maximum Gasteiger partial charge on any atom is 0.288 e. The highest BCUT2D eigenvalue weighted by Gasteiger charge is 2.17. The third-order valence-corrected chi connectivity index (χ3v) is 5.31. The smallest absolute Gasteiger partial charge is 0.288 e. The lowest BCUT2D eigenvalue weighted by Gasteiger charge is -2.07. The predicted octanol–water partition coefficient (Wildman–Crippen LogP) is 6.04. The Balaban J connectivity index is 1.65. The summed E-state index contributed by atoms with van der Waals surface area (Å²) in [6.07, 6.45) is 1.71. The van der Waals surface area contributed by atoms with Crippen molar-refractivity contribution in [2.24, 2.45) is 5.10 Å². The average Bonchev–Trinajstić information content (AvgIpc) is 3.22. The van der Waals surface area contributed by atoms with Gasteiger partial charge >= 0.3 is 0 Å². The number of rotatable bonds is 5. The van der Waals surface area contributed by atoms with Crippen molar-refractivity contribution in [3.05, 3.63) is 107 Å². The van der Waals surface area contributed by atoms with E-state index < -0.39 is 0 Å². The minimum absolute atomic E-state index is 0.278. The molecule has 3 aromatic carbocycles. The molecule has 0 aliphatic rings. The first-order chi connectivity index (χ1) is 15.0. The molecule has 4 aromatic rings. The van der Waals surface area contributed by atoms with Crippen LogP contribution in [0.4, 0.5) is 0 Å². The summed E-state index contributed by atoms with van der Waals surface area (Å²) < 4.78 is 0. The van der Waals surface area contributed by atoms with Gasteiger partial charge in [-0.1, -0.05) is 78.4 Å². The molecule has 154 valence electrons. The van der Waals surface area contributed by atoms with Crippen LogP contribution in [0.3, 0.4) is 0 Å². The van der Waals surface area contributed by atoms with Crippen LogP contribution in [-0.2, 0) is 0 Å². The van der Waals surface area contributed by atoms with Crippen LogP contribution in [0, 0.1) is 20.8 Å². The minimum atomic E-state index is -0.278. The maximum absolute atomic E-state index is 13.0. The van der Waals surface area contributed by atoms with Gasteiger partial charge in [0.05, 0.1) is 6.21 Å². The Labute approximate surface area is 182 Å². The largest absolute Gasteiger partial charge is 0.350 e. The summed E-state index contributed by atoms with van der Waals surface area (Å²) in [6, 6.07) is 26.1. The molecule has 0 unspecified atom stereocenters. The highest BCUT2D eigenvalue weighted by atomic mass is 16.2. The Bertz CT molecular complexity index is 1220. The van der Waals surface area contributed by atoms with E-state index >= 15 is 0 Å². The van der Waals surface area contributed by atoms with Gasteiger partial charge in [0.1, 0.15) is 5.69 Å². The lowest BCUT2D eigenvalue weighted by atomic mass is 10.0. The summed E-state index contributed by atoms with van der Waals surface area (Å²) in [5.41, 5.74) is 11.4. The predicted molar refractivity (Wildman–Crippen MR) is 127 cm³/mol. The van der Waals surface area contributed by atoms with Gasteiger partial charge in [-0.05, 0) is 49.1 Å². The molecule has 0 bridgehead atoms. The van der Waals surface area contributed by atoms with Crippen molar-refractivity contribution in [3.8, 4) is 22.4 Å². The maximum atomic E-state index is 13.0. The fourth-order valence-electron chi connectivity index (χ4n) is 3.86. The Morgan fingerprint density at radius 2 is 1.42 bits per heavy atom. The van der Waals surface area contributed by atoms with E-state index in [2.05, 4.69) is 34.6 Å². The molecule has 0 aliphatic carbocycles. The van der Waals surface area contributed by atoms with Gasteiger partial charge in [-0.15, -0.1) is 0 Å². The van der Waals surface area contributed by atoms with Crippen molar-refractivity contribution in [1.29, 1.82) is 0 Å². The third-order valence-electron chi connectivity index (χ3n) is 5.31. The van der Waals surface area contributed by atoms with Gasteiger partial charge in [-0.25, -0.2) is 5.43 Å². The first kappa shape index (κ1) is 20.4. The summed E-state index contributed by atoms with van der Waals surface area (Å²) in [6.45, 7) is 6.17. The van der Waals surface area contributed by atoms with Crippen LogP contribution in [-0.4, -0.2) is 17.1 Å². The van der Waals surface area contributed by atoms with E-state index in [4.69, 9.17) is 0 Å². The summed E-state index contributed by atoms with van der Waals surface area (Å²) >= 11 is 0. The van der Waals surface area contributed by atoms with Gasteiger partial charge in [-0.3, -0.25) is 4.79 Å². The van der Waals surface area contributed by atoms with E-state index in [1.165, 1.54) is 5.56 Å². The lowest BCUT2D eigenvalue weighted by Crippen LogP contribution is -2.19. The number of amides is 1. The molecule has 0 saturated heterocycles. The molecule has 1 heterocycles. The second-order valence-electron chi connectivity index (χ2n) is 7.72. The highest BCUT2D eigenvalue weighted by Crippen LogP contribution is 2.29. The molecule has 0 saturated carbocycles. The van der Waals surface area contributed by atoms with Crippen LogP contribution in [0.5, 0.6) is 0 Å². The summed E-state index contributed by atoms with van der Waals surface area (Å²) in [5, 5.41) is 4.24. The normalized spacial score (nSPS) is 11.1. The SMILES string of the molecule is Cc1cc(C)c(/C=N/NC(=O)c2[nH]c(-c3ccccc3)cc2-c2ccccc2)c(C)c1. The Morgan fingerprint density at radius 3 is 2.03 bits per heavy atom. The number of carbonyl (C=O) groups excluding carboxylic acids is 1. The topological polar surface area (TPSA) is 57.2 Å². The van der Waals surface area contributed by atoms with E-state index in [-0.39, 0.29) is 5.91 Å². The number of aromatic amines is 1. The molecule has 4 heteroatoms. The number of carbonyl (C=O) groups is 1. The first-order valence-electron chi connectivity index (χ1n) is 10.3. The van der Waals surface area contributed by atoms with Crippen LogP contribution >= 0.6 is 0 Å². The van der Waals surface area contributed by atoms with Crippen molar-refractivity contribution in [2.75, 3.05) is 0 Å². The summed E-state index contributed by atoms with van der Waals surface area (Å²) in [5.74, 6) is -0.278. The second kappa shape index (κ2) is 8.84. The van der Waals surface area contributed by atoms with Crippen molar-refractivity contribution in [3.63, 3.8) is 0 Å². The molecule has 0 atom stereocenters. The molecule has 4 nitrogen and oxygen atoms in total. The molecular formula is C27H25N3O. The molecule has 2 N–H and O–H groups in total. The molecular weight excluding hydrogens is 382 g/mol. The fraction of sp³-hybridized carbons (Fsp3) is 0.111. The molecule has 31 heavy (non-hydrogen) atoms. The monoisotopic (exact) mass is 407 g/mol. The molecule has 0 spiro atoms. The summed E-state index contributed by atoms with van der Waals surface area (Å²) in [4.78, 5) is 16.3. The summed E-state index contributed by atoms with van der Waals surface area (Å²) in [7, 11) is 0. The number of nitrogens with zero attached hydrogens (tertiary/aromatic N) is 1. The van der Waals surface area contributed by atoms with Crippen molar-refractivity contribution in [2.45, 2.75) is 20.8 Å². The Hall–Kier alpha value is -3.92. The zero-order valence-electron chi connectivity index (χ0n) is 17.9. The van der Waals surface area contributed by atoms with Crippen LogP contribution in [0.15, 0.2) is 84.0 Å². The zero-order chi connectivity index (χ0) is 21.8. The van der Waals surface area contributed by atoms with E-state index in [0.29, 0.717) is 5.69 Å². The van der Waals surface area contributed by atoms with Gasteiger partial charge in [-0.2, -0.15) is 5.10 Å². The van der Waals surface area contributed by atoms with Gasteiger partial charge in [0.15, 0.2) is 0 Å².